The number of rotatable bonds is 4. The van der Waals surface area contributed by atoms with E-state index in [0.717, 1.165) is 5.56 Å². The Kier molecular flexibility index (Phi) is 4.00. The second kappa shape index (κ2) is 5.88. The molecule has 0 aromatic heterocycles. The van der Waals surface area contributed by atoms with Crippen molar-refractivity contribution in [3.63, 3.8) is 0 Å². The minimum absolute atomic E-state index is 0.139. The van der Waals surface area contributed by atoms with Crippen LogP contribution in [0.25, 0.3) is 0 Å². The van der Waals surface area contributed by atoms with Gasteiger partial charge >= 0.3 is 0 Å². The van der Waals surface area contributed by atoms with Gasteiger partial charge in [0.2, 0.25) is 5.91 Å². The molecule has 0 saturated heterocycles. The summed E-state index contributed by atoms with van der Waals surface area (Å²) < 4.78 is 0. The first-order valence-electron chi connectivity index (χ1n) is 6.10. The van der Waals surface area contributed by atoms with E-state index < -0.39 is 5.91 Å². The van der Waals surface area contributed by atoms with Crippen molar-refractivity contribution < 1.29 is 9.59 Å². The number of carbonyl (C=O) groups is 2. The molecule has 102 valence electrons. The third kappa shape index (κ3) is 3.14. The Morgan fingerprint density at radius 2 is 1.65 bits per heavy atom. The maximum atomic E-state index is 12.0. The van der Waals surface area contributed by atoms with Crippen molar-refractivity contribution in [2.24, 2.45) is 5.73 Å². The predicted octanol–water partition coefficient (Wildman–Crippen LogP) is 1.55. The van der Waals surface area contributed by atoms with E-state index in [1.165, 1.54) is 0 Å². The monoisotopic (exact) mass is 269 g/mol. The third-order valence-electron chi connectivity index (χ3n) is 2.87. The topological polar surface area (TPSA) is 98.2 Å². The van der Waals surface area contributed by atoms with E-state index in [9.17, 15) is 9.59 Å². The van der Waals surface area contributed by atoms with Gasteiger partial charge in [0, 0.05) is 5.69 Å². The normalized spacial score (nSPS) is 10.0. The van der Waals surface area contributed by atoms with Crippen molar-refractivity contribution in [2.45, 2.75) is 6.42 Å². The third-order valence-corrected chi connectivity index (χ3v) is 2.87. The average molecular weight is 269 g/mol. The van der Waals surface area contributed by atoms with Crippen LogP contribution in [0.1, 0.15) is 15.9 Å². The van der Waals surface area contributed by atoms with Crippen LogP contribution >= 0.6 is 0 Å². The smallest absolute Gasteiger partial charge is 0.250 e. The van der Waals surface area contributed by atoms with Gasteiger partial charge in [0.25, 0.3) is 5.91 Å². The summed E-state index contributed by atoms with van der Waals surface area (Å²) in [6, 6.07) is 13.7. The fourth-order valence-corrected chi connectivity index (χ4v) is 1.87. The van der Waals surface area contributed by atoms with Gasteiger partial charge in [0.1, 0.15) is 0 Å². The molecule has 0 spiro atoms. The van der Waals surface area contributed by atoms with Crippen LogP contribution < -0.4 is 16.8 Å². The summed E-state index contributed by atoms with van der Waals surface area (Å²) in [5.41, 5.74) is 13.0. The zero-order valence-electron chi connectivity index (χ0n) is 10.8. The number of nitrogen functional groups attached to an aromatic ring is 1. The van der Waals surface area contributed by atoms with Crippen LogP contribution in [-0.4, -0.2) is 11.8 Å². The maximum absolute atomic E-state index is 12.0. The number of primary amides is 1. The molecule has 0 aliphatic carbocycles. The van der Waals surface area contributed by atoms with E-state index in [4.69, 9.17) is 11.5 Å². The Morgan fingerprint density at radius 3 is 2.35 bits per heavy atom. The molecule has 2 rings (SSSR count). The van der Waals surface area contributed by atoms with Crippen LogP contribution in [0.15, 0.2) is 48.5 Å². The van der Waals surface area contributed by atoms with Gasteiger partial charge in [-0.25, -0.2) is 0 Å². The second-order valence-electron chi connectivity index (χ2n) is 4.33. The molecule has 0 aliphatic rings. The molecule has 2 aromatic rings. The lowest BCUT2D eigenvalue weighted by molar-refractivity contribution is -0.115. The molecule has 2 amide bonds. The molecule has 0 bridgehead atoms. The van der Waals surface area contributed by atoms with Crippen molar-refractivity contribution in [1.82, 2.24) is 0 Å². The van der Waals surface area contributed by atoms with E-state index in [1.54, 1.807) is 42.5 Å². The number of nitrogens with two attached hydrogens (primary N) is 2. The van der Waals surface area contributed by atoms with Crippen LogP contribution in [0.4, 0.5) is 11.4 Å². The largest absolute Gasteiger partial charge is 0.398 e. The Morgan fingerprint density at radius 1 is 1.00 bits per heavy atom. The van der Waals surface area contributed by atoms with Crippen molar-refractivity contribution in [3.8, 4) is 0 Å². The van der Waals surface area contributed by atoms with Gasteiger partial charge in [-0.3, -0.25) is 9.59 Å². The molecular weight excluding hydrogens is 254 g/mol. The Balaban J connectivity index is 2.13. The summed E-state index contributed by atoms with van der Waals surface area (Å²) in [5, 5.41) is 2.67. The van der Waals surface area contributed by atoms with Gasteiger partial charge in [-0.2, -0.15) is 0 Å². The number of hydrogen-bond acceptors (Lipinski definition) is 3. The lowest BCUT2D eigenvalue weighted by atomic mass is 10.1. The van der Waals surface area contributed by atoms with Gasteiger partial charge in [-0.15, -0.1) is 0 Å². The molecule has 5 N–H and O–H groups in total. The standard InChI is InChI=1S/C15H15N3O2/c16-12-7-3-1-5-10(12)9-14(19)18-13-8-4-2-6-11(13)15(17)20/h1-8H,9,16H2,(H2,17,20)(H,18,19). The highest BCUT2D eigenvalue weighted by molar-refractivity contribution is 6.03. The number of anilines is 2. The summed E-state index contributed by atoms with van der Waals surface area (Å²) in [6.45, 7) is 0. The highest BCUT2D eigenvalue weighted by Gasteiger charge is 2.11. The molecular formula is C15H15N3O2. The molecule has 0 fully saturated rings. The molecule has 2 aromatic carbocycles. The minimum atomic E-state index is -0.583. The fraction of sp³-hybridized carbons (Fsp3) is 0.0667. The van der Waals surface area contributed by atoms with Crippen molar-refractivity contribution in [2.75, 3.05) is 11.1 Å². The highest BCUT2D eigenvalue weighted by atomic mass is 16.2. The van der Waals surface area contributed by atoms with Crippen LogP contribution in [0.3, 0.4) is 0 Å². The van der Waals surface area contributed by atoms with Crippen molar-refractivity contribution in [1.29, 1.82) is 0 Å². The number of benzene rings is 2. The van der Waals surface area contributed by atoms with Gasteiger partial charge in [0.05, 0.1) is 17.7 Å². The zero-order chi connectivity index (χ0) is 14.5. The van der Waals surface area contributed by atoms with Crippen LogP contribution in [0, 0.1) is 0 Å². The fourth-order valence-electron chi connectivity index (χ4n) is 1.87. The Bertz CT molecular complexity index is 653. The molecule has 5 nitrogen and oxygen atoms in total. The molecule has 20 heavy (non-hydrogen) atoms. The molecule has 0 atom stereocenters. The number of nitrogens with one attached hydrogen (secondary N) is 1. The predicted molar refractivity (Wildman–Crippen MR) is 78.1 cm³/mol. The van der Waals surface area contributed by atoms with Crippen LogP contribution in [0.2, 0.25) is 0 Å². The lowest BCUT2D eigenvalue weighted by Gasteiger charge is -2.09. The number of carbonyl (C=O) groups excluding carboxylic acids is 2. The molecule has 5 heteroatoms. The van der Waals surface area contributed by atoms with Crippen LogP contribution in [-0.2, 0) is 11.2 Å². The first kappa shape index (κ1) is 13.6. The second-order valence-corrected chi connectivity index (χ2v) is 4.33. The molecule has 0 unspecified atom stereocenters. The summed E-state index contributed by atoms with van der Waals surface area (Å²) in [5.74, 6) is -0.836. The van der Waals surface area contributed by atoms with Gasteiger partial charge < -0.3 is 16.8 Å². The Hall–Kier alpha value is -2.82. The van der Waals surface area contributed by atoms with E-state index in [0.29, 0.717) is 11.4 Å². The van der Waals surface area contributed by atoms with Crippen molar-refractivity contribution in [3.05, 3.63) is 59.7 Å². The number of para-hydroxylation sites is 2. The SMILES string of the molecule is NC(=O)c1ccccc1NC(=O)Cc1ccccc1N. The highest BCUT2D eigenvalue weighted by Crippen LogP contribution is 2.16. The Labute approximate surface area is 116 Å². The van der Waals surface area contributed by atoms with Gasteiger partial charge in [0.15, 0.2) is 0 Å². The van der Waals surface area contributed by atoms with E-state index in [2.05, 4.69) is 5.32 Å². The first-order valence-corrected chi connectivity index (χ1v) is 6.10. The van der Waals surface area contributed by atoms with Crippen LogP contribution in [0.5, 0.6) is 0 Å². The number of amides is 2. The summed E-state index contributed by atoms with van der Waals surface area (Å²) in [4.78, 5) is 23.3. The summed E-state index contributed by atoms with van der Waals surface area (Å²) in [6.07, 6.45) is 0.139. The zero-order valence-corrected chi connectivity index (χ0v) is 10.8. The lowest BCUT2D eigenvalue weighted by Crippen LogP contribution is -2.19. The minimum Gasteiger partial charge on any atom is -0.398 e. The van der Waals surface area contributed by atoms with E-state index in [1.807, 2.05) is 6.07 Å². The molecule has 0 heterocycles. The maximum Gasteiger partial charge on any atom is 0.250 e. The van der Waals surface area contributed by atoms with E-state index in [-0.39, 0.29) is 17.9 Å². The molecule has 0 radical (unpaired) electrons. The quantitative estimate of drug-likeness (QED) is 0.734. The first-order chi connectivity index (χ1) is 9.58. The summed E-state index contributed by atoms with van der Waals surface area (Å²) >= 11 is 0. The van der Waals surface area contributed by atoms with Gasteiger partial charge in [-0.05, 0) is 23.8 Å². The van der Waals surface area contributed by atoms with E-state index >= 15 is 0 Å². The number of hydrogen-bond donors (Lipinski definition) is 3. The molecule has 0 saturated carbocycles. The average Bonchev–Trinajstić information content (AvgIpc) is 2.41. The van der Waals surface area contributed by atoms with Crippen molar-refractivity contribution >= 4 is 23.2 Å². The molecule has 0 aliphatic heterocycles. The van der Waals surface area contributed by atoms with Gasteiger partial charge in [-0.1, -0.05) is 30.3 Å². The summed E-state index contributed by atoms with van der Waals surface area (Å²) in [7, 11) is 0.